The topological polar surface area (TPSA) is 113 Å². The van der Waals surface area contributed by atoms with Crippen LogP contribution in [0, 0.1) is 5.92 Å². The van der Waals surface area contributed by atoms with E-state index in [0.717, 1.165) is 24.2 Å². The van der Waals surface area contributed by atoms with Crippen molar-refractivity contribution in [1.82, 2.24) is 15.1 Å². The lowest BCUT2D eigenvalue weighted by molar-refractivity contribution is -0.143. The summed E-state index contributed by atoms with van der Waals surface area (Å²) in [6.07, 6.45) is 4.11. The van der Waals surface area contributed by atoms with Crippen LogP contribution in [0.5, 0.6) is 0 Å². The van der Waals surface area contributed by atoms with Gasteiger partial charge in [-0.3, -0.25) is 19.3 Å². The van der Waals surface area contributed by atoms with Gasteiger partial charge in [0.1, 0.15) is 6.54 Å². The van der Waals surface area contributed by atoms with Gasteiger partial charge < -0.3 is 11.1 Å². The van der Waals surface area contributed by atoms with Gasteiger partial charge in [0.2, 0.25) is 5.91 Å². The van der Waals surface area contributed by atoms with Crippen LogP contribution in [-0.2, 0) is 14.4 Å². The van der Waals surface area contributed by atoms with Crippen molar-refractivity contribution in [3.63, 3.8) is 0 Å². The number of halogens is 1. The van der Waals surface area contributed by atoms with Crippen molar-refractivity contribution in [3.05, 3.63) is 12.7 Å². The quantitative estimate of drug-likeness (QED) is 0.388. The Morgan fingerprint density at radius 3 is 2.52 bits per heavy atom. The molecular weight excluding hydrogens is 324 g/mol. The maximum absolute atomic E-state index is 12.0. The molecule has 0 bridgehead atoms. The minimum absolute atomic E-state index is 0. The maximum atomic E-state index is 12.0. The van der Waals surface area contributed by atoms with Gasteiger partial charge in [-0.1, -0.05) is 12.5 Å². The summed E-state index contributed by atoms with van der Waals surface area (Å²) in [5.41, 5.74) is 5.65. The summed E-state index contributed by atoms with van der Waals surface area (Å²) in [4.78, 5) is 48.9. The average Bonchev–Trinajstić information content (AvgIpc) is 3.01. The number of imide groups is 2. The summed E-state index contributed by atoms with van der Waals surface area (Å²) in [6, 6.07) is -0.822. The highest BCUT2D eigenvalue weighted by Crippen LogP contribution is 2.24. The number of nitrogens with one attached hydrogen (secondary N) is 1. The van der Waals surface area contributed by atoms with Crippen LogP contribution in [-0.4, -0.2) is 59.2 Å². The van der Waals surface area contributed by atoms with E-state index in [2.05, 4.69) is 11.9 Å². The van der Waals surface area contributed by atoms with Crippen LogP contribution in [0.25, 0.3) is 0 Å². The van der Waals surface area contributed by atoms with Crippen LogP contribution in [0.1, 0.15) is 19.3 Å². The minimum atomic E-state index is -0.983. The molecule has 23 heavy (non-hydrogen) atoms. The van der Waals surface area contributed by atoms with Crippen LogP contribution in [0.3, 0.4) is 0 Å². The monoisotopic (exact) mass is 344 g/mol. The lowest BCUT2D eigenvalue weighted by atomic mass is 10.0. The van der Waals surface area contributed by atoms with E-state index in [1.165, 1.54) is 6.08 Å². The molecule has 1 saturated carbocycles. The molecule has 0 aromatic carbocycles. The molecule has 8 nitrogen and oxygen atoms in total. The Kier molecular flexibility index (Phi) is 6.71. The summed E-state index contributed by atoms with van der Waals surface area (Å²) in [6.45, 7) is 3.40. The highest BCUT2D eigenvalue weighted by Gasteiger charge is 2.44. The number of amides is 5. The third-order valence-corrected chi connectivity index (χ3v) is 4.06. The molecule has 128 valence electrons. The van der Waals surface area contributed by atoms with Crippen molar-refractivity contribution in [2.45, 2.75) is 25.3 Å². The van der Waals surface area contributed by atoms with Crippen LogP contribution in [0.4, 0.5) is 4.79 Å². The minimum Gasteiger partial charge on any atom is -0.351 e. The second-order valence-corrected chi connectivity index (χ2v) is 5.48. The lowest BCUT2D eigenvalue weighted by Gasteiger charge is -2.21. The fourth-order valence-corrected chi connectivity index (χ4v) is 2.88. The molecule has 3 N–H and O–H groups in total. The van der Waals surface area contributed by atoms with Gasteiger partial charge in [-0.25, -0.2) is 9.69 Å². The first kappa shape index (κ1) is 19.1. The number of nitrogens with zero attached hydrogens (tertiary/aromatic N) is 2. The number of carbonyl (C=O) groups excluding carboxylic acids is 4. The molecule has 2 atom stereocenters. The molecule has 0 aromatic rings. The molecule has 1 saturated heterocycles. The van der Waals surface area contributed by atoms with E-state index in [9.17, 15) is 19.2 Å². The fourth-order valence-electron chi connectivity index (χ4n) is 2.88. The zero-order valence-corrected chi connectivity index (χ0v) is 13.5. The molecule has 0 radical (unpaired) electrons. The van der Waals surface area contributed by atoms with E-state index in [-0.39, 0.29) is 30.9 Å². The fraction of sp³-hybridized carbons (Fsp3) is 0.571. The molecule has 0 spiro atoms. The SMILES string of the molecule is C=CCN1C(=O)C(=O)N(CC(=O)NC2CCCC2CN)C1=O.Cl. The van der Waals surface area contributed by atoms with Crippen molar-refractivity contribution in [3.8, 4) is 0 Å². The lowest BCUT2D eigenvalue weighted by Crippen LogP contribution is -2.46. The van der Waals surface area contributed by atoms with Crippen molar-refractivity contribution in [1.29, 1.82) is 0 Å². The van der Waals surface area contributed by atoms with Crippen molar-refractivity contribution < 1.29 is 19.2 Å². The van der Waals surface area contributed by atoms with Crippen molar-refractivity contribution >= 4 is 36.2 Å². The molecular formula is C14H21ClN4O4. The van der Waals surface area contributed by atoms with Gasteiger partial charge in [0.15, 0.2) is 0 Å². The number of carbonyl (C=O) groups is 4. The van der Waals surface area contributed by atoms with Gasteiger partial charge in [0, 0.05) is 12.6 Å². The second-order valence-electron chi connectivity index (χ2n) is 5.48. The van der Waals surface area contributed by atoms with Crippen molar-refractivity contribution in [2.75, 3.05) is 19.6 Å². The number of hydrogen-bond donors (Lipinski definition) is 2. The van der Waals surface area contributed by atoms with E-state index < -0.39 is 30.3 Å². The van der Waals surface area contributed by atoms with E-state index in [0.29, 0.717) is 11.4 Å². The predicted octanol–water partition coefficient (Wildman–Crippen LogP) is -0.371. The molecule has 2 aliphatic rings. The van der Waals surface area contributed by atoms with E-state index in [4.69, 9.17) is 5.73 Å². The van der Waals surface area contributed by atoms with Gasteiger partial charge in [-0.05, 0) is 25.3 Å². The van der Waals surface area contributed by atoms with Crippen LogP contribution in [0.2, 0.25) is 0 Å². The molecule has 2 rings (SSSR count). The molecule has 1 heterocycles. The molecule has 1 aliphatic carbocycles. The molecule has 5 amide bonds. The van der Waals surface area contributed by atoms with Gasteiger partial charge in [0.25, 0.3) is 0 Å². The highest BCUT2D eigenvalue weighted by molar-refractivity contribution is 6.45. The van der Waals surface area contributed by atoms with Gasteiger partial charge >= 0.3 is 17.8 Å². The Labute approximate surface area is 140 Å². The van der Waals surface area contributed by atoms with Gasteiger partial charge in [-0.2, -0.15) is 0 Å². The number of urea groups is 1. The van der Waals surface area contributed by atoms with E-state index >= 15 is 0 Å². The third-order valence-electron chi connectivity index (χ3n) is 4.06. The Hall–Kier alpha value is -1.93. The first-order valence-corrected chi connectivity index (χ1v) is 7.27. The average molecular weight is 345 g/mol. The first-order chi connectivity index (χ1) is 10.5. The second kappa shape index (κ2) is 8.07. The highest BCUT2D eigenvalue weighted by atomic mass is 35.5. The molecule has 1 aliphatic heterocycles. The zero-order valence-electron chi connectivity index (χ0n) is 12.7. The molecule has 9 heteroatoms. The smallest absolute Gasteiger partial charge is 0.335 e. The summed E-state index contributed by atoms with van der Waals surface area (Å²) < 4.78 is 0. The summed E-state index contributed by atoms with van der Waals surface area (Å²) >= 11 is 0. The summed E-state index contributed by atoms with van der Waals surface area (Å²) in [7, 11) is 0. The predicted molar refractivity (Wildman–Crippen MR) is 84.6 cm³/mol. The standard InChI is InChI=1S/C14H20N4O4.ClH/c1-2-6-17-12(20)13(21)18(14(17)22)8-11(19)16-10-5-3-4-9(10)7-15;/h2,9-10H,1,3-8,15H2,(H,16,19);1H. The van der Waals surface area contributed by atoms with Gasteiger partial charge in [-0.15, -0.1) is 19.0 Å². The molecule has 0 aromatic heterocycles. The van der Waals surface area contributed by atoms with Crippen molar-refractivity contribution in [2.24, 2.45) is 11.7 Å². The summed E-state index contributed by atoms with van der Waals surface area (Å²) in [5, 5.41) is 2.79. The Balaban J connectivity index is 0.00000264. The van der Waals surface area contributed by atoms with E-state index in [1.807, 2.05) is 0 Å². The molecule has 2 unspecified atom stereocenters. The molecule has 2 fully saturated rings. The number of rotatable bonds is 6. The zero-order chi connectivity index (χ0) is 16.3. The summed E-state index contributed by atoms with van der Waals surface area (Å²) in [5.74, 6) is -2.16. The van der Waals surface area contributed by atoms with E-state index in [1.54, 1.807) is 0 Å². The Morgan fingerprint density at radius 1 is 1.26 bits per heavy atom. The maximum Gasteiger partial charge on any atom is 0.335 e. The van der Waals surface area contributed by atoms with Gasteiger partial charge in [0.05, 0.1) is 0 Å². The normalized spacial score (nSPS) is 24.0. The number of nitrogens with two attached hydrogens (primary N) is 1. The van der Waals surface area contributed by atoms with Crippen LogP contribution in [0.15, 0.2) is 12.7 Å². The largest absolute Gasteiger partial charge is 0.351 e. The number of hydrogen-bond acceptors (Lipinski definition) is 5. The first-order valence-electron chi connectivity index (χ1n) is 7.27. The van der Waals surface area contributed by atoms with Crippen LogP contribution >= 0.6 is 12.4 Å². The van der Waals surface area contributed by atoms with Crippen LogP contribution < -0.4 is 11.1 Å². The Bertz CT molecular complexity index is 525. The third kappa shape index (κ3) is 3.89. The Morgan fingerprint density at radius 2 is 1.91 bits per heavy atom.